The van der Waals surface area contributed by atoms with Gasteiger partial charge in [-0.15, -0.1) is 0 Å². The topological polar surface area (TPSA) is 96.6 Å². The molecule has 0 bridgehead atoms. The predicted molar refractivity (Wildman–Crippen MR) is 107 cm³/mol. The monoisotopic (exact) mass is 397 g/mol. The van der Waals surface area contributed by atoms with Gasteiger partial charge in [0.15, 0.2) is 10.7 Å². The third kappa shape index (κ3) is 4.93. The average Bonchev–Trinajstić information content (AvgIpc) is 3.20. The molecule has 144 valence electrons. The summed E-state index contributed by atoms with van der Waals surface area (Å²) in [5.74, 6) is 0.196. The van der Waals surface area contributed by atoms with E-state index in [0.29, 0.717) is 5.56 Å². The summed E-state index contributed by atoms with van der Waals surface area (Å²) < 4.78 is 10.5. The first-order valence-corrected chi connectivity index (χ1v) is 8.99. The van der Waals surface area contributed by atoms with E-state index < -0.39 is 0 Å². The first kappa shape index (κ1) is 19.5. The number of thiocarbonyl (C=S) groups is 1. The van der Waals surface area contributed by atoms with E-state index in [0.717, 1.165) is 11.1 Å². The molecule has 0 aliphatic carbocycles. The van der Waals surface area contributed by atoms with E-state index in [9.17, 15) is 4.79 Å². The van der Waals surface area contributed by atoms with Crippen molar-refractivity contribution in [2.24, 2.45) is 0 Å². The van der Waals surface area contributed by atoms with Crippen LogP contribution in [-0.2, 0) is 0 Å². The molecule has 0 fully saturated rings. The Morgan fingerprint density at radius 3 is 2.68 bits per heavy atom. The summed E-state index contributed by atoms with van der Waals surface area (Å²) in [5, 5.41) is 15.3. The van der Waals surface area contributed by atoms with Gasteiger partial charge in [-0.1, -0.05) is 54.7 Å². The Hall–Kier alpha value is -3.23. The van der Waals surface area contributed by atoms with Crippen molar-refractivity contribution in [3.63, 3.8) is 0 Å². The Morgan fingerprint density at radius 2 is 1.93 bits per heavy atom. The highest BCUT2D eigenvalue weighted by atomic mass is 32.1. The zero-order chi connectivity index (χ0) is 19.9. The molecule has 0 saturated heterocycles. The number of hydrogen-bond acceptors (Lipinski definition) is 6. The zero-order valence-electron chi connectivity index (χ0n) is 15.1. The maximum atomic E-state index is 12.5. The summed E-state index contributed by atoms with van der Waals surface area (Å²) in [6.07, 6.45) is -0.352. The van der Waals surface area contributed by atoms with Gasteiger partial charge in [0.05, 0.1) is 12.6 Å². The average molecular weight is 397 g/mol. The fraction of sp³-hybridized carbons (Fsp3) is 0.150. The Labute approximate surface area is 167 Å². The van der Waals surface area contributed by atoms with E-state index in [2.05, 4.69) is 10.5 Å². The van der Waals surface area contributed by atoms with Gasteiger partial charge in [0.25, 0.3) is 11.8 Å². The van der Waals surface area contributed by atoms with Crippen LogP contribution >= 0.6 is 12.2 Å². The Balaban J connectivity index is 1.56. The molecule has 0 aliphatic rings. The van der Waals surface area contributed by atoms with Gasteiger partial charge in [-0.2, -0.15) is 0 Å². The number of nitrogens with one attached hydrogen (secondary N) is 2. The summed E-state index contributed by atoms with van der Waals surface area (Å²) >= 11 is 4.83. The fourth-order valence-corrected chi connectivity index (χ4v) is 2.63. The number of ether oxygens (including phenoxy) is 1. The van der Waals surface area contributed by atoms with Crippen LogP contribution in [0.2, 0.25) is 0 Å². The molecule has 28 heavy (non-hydrogen) atoms. The van der Waals surface area contributed by atoms with E-state index in [4.69, 9.17) is 26.7 Å². The predicted octanol–water partition coefficient (Wildman–Crippen LogP) is 3.19. The smallest absolute Gasteiger partial charge is 0.255 e. The van der Waals surface area contributed by atoms with Crippen LogP contribution in [0.4, 0.5) is 0 Å². The highest BCUT2D eigenvalue weighted by Gasteiger charge is 2.14. The second-order valence-corrected chi connectivity index (χ2v) is 6.46. The lowest BCUT2D eigenvalue weighted by Gasteiger charge is -2.13. The van der Waals surface area contributed by atoms with Crippen LogP contribution < -0.4 is 15.5 Å². The van der Waals surface area contributed by atoms with Crippen LogP contribution in [0.1, 0.15) is 23.0 Å². The van der Waals surface area contributed by atoms with Crippen LogP contribution in [0, 0.1) is 0 Å². The van der Waals surface area contributed by atoms with Crippen LogP contribution in [0.25, 0.3) is 11.1 Å². The van der Waals surface area contributed by atoms with Crippen LogP contribution in [0.5, 0.6) is 5.88 Å². The molecule has 1 heterocycles. The Kier molecular flexibility index (Phi) is 6.36. The number of nitrogens with zero attached hydrogens (tertiary/aromatic N) is 1. The number of benzene rings is 2. The molecule has 1 atom stereocenters. The minimum absolute atomic E-state index is 0.00148. The van der Waals surface area contributed by atoms with E-state index in [-0.39, 0.29) is 35.2 Å². The lowest BCUT2D eigenvalue weighted by Crippen LogP contribution is -2.33. The van der Waals surface area contributed by atoms with Gasteiger partial charge in [0, 0.05) is 5.56 Å². The molecule has 8 heteroatoms. The molecule has 7 nitrogen and oxygen atoms in total. The zero-order valence-corrected chi connectivity index (χ0v) is 15.9. The van der Waals surface area contributed by atoms with Gasteiger partial charge in [-0.05, 0) is 35.3 Å². The van der Waals surface area contributed by atoms with E-state index in [1.807, 2.05) is 54.0 Å². The fourth-order valence-electron chi connectivity index (χ4n) is 2.53. The summed E-state index contributed by atoms with van der Waals surface area (Å²) in [4.78, 5) is 12.5. The van der Waals surface area contributed by atoms with Gasteiger partial charge in [0.1, 0.15) is 6.10 Å². The minimum atomic E-state index is -0.352. The number of rotatable bonds is 7. The van der Waals surface area contributed by atoms with Crippen molar-refractivity contribution < 1.29 is 19.3 Å². The van der Waals surface area contributed by atoms with Crippen molar-refractivity contribution >= 4 is 23.1 Å². The minimum Gasteiger partial charge on any atom is -0.471 e. The van der Waals surface area contributed by atoms with Crippen molar-refractivity contribution in [1.82, 2.24) is 16.0 Å². The second-order valence-electron chi connectivity index (χ2n) is 6.06. The third-order valence-electron chi connectivity index (χ3n) is 3.92. The van der Waals surface area contributed by atoms with Gasteiger partial charge >= 0.3 is 0 Å². The first-order valence-electron chi connectivity index (χ1n) is 8.58. The Morgan fingerprint density at radius 1 is 1.18 bits per heavy atom. The maximum absolute atomic E-state index is 12.5. The van der Waals surface area contributed by atoms with E-state index in [1.54, 1.807) is 13.0 Å². The van der Waals surface area contributed by atoms with Gasteiger partial charge in [-0.25, -0.2) is 0 Å². The number of aromatic nitrogens is 1. The molecule has 3 rings (SSSR count). The van der Waals surface area contributed by atoms with Crippen molar-refractivity contribution in [2.75, 3.05) is 6.54 Å². The van der Waals surface area contributed by atoms with Crippen LogP contribution in [-0.4, -0.2) is 33.9 Å². The molecule has 1 amide bonds. The van der Waals surface area contributed by atoms with Crippen molar-refractivity contribution in [2.45, 2.75) is 13.0 Å². The highest BCUT2D eigenvalue weighted by molar-refractivity contribution is 7.80. The molecule has 0 saturated carbocycles. The summed E-state index contributed by atoms with van der Waals surface area (Å²) in [6, 6.07) is 18.7. The standard InChI is InChI=1S/C20H19N3O4S/c1-13(26-18-11-17(27-23-18)20(28)22-25)12-21-19(24)16-9-5-8-15(10-16)14-6-3-2-4-7-14/h2-11,13,25H,12H2,1H3,(H,21,24)(H,22,28)/t13-/m1/s1. The lowest BCUT2D eigenvalue weighted by molar-refractivity contribution is 0.0929. The quantitative estimate of drug-likeness (QED) is 0.416. The number of carbonyl (C=O) groups excluding carboxylic acids is 1. The van der Waals surface area contributed by atoms with Crippen molar-refractivity contribution in [3.8, 4) is 17.0 Å². The Bertz CT molecular complexity index is 959. The van der Waals surface area contributed by atoms with Crippen LogP contribution in [0.15, 0.2) is 65.2 Å². The largest absolute Gasteiger partial charge is 0.471 e. The summed E-state index contributed by atoms with van der Waals surface area (Å²) in [6.45, 7) is 2.07. The molecule has 3 aromatic rings. The first-order chi connectivity index (χ1) is 13.6. The number of carbonyl (C=O) groups is 1. The van der Waals surface area contributed by atoms with Gasteiger partial charge in [0.2, 0.25) is 0 Å². The van der Waals surface area contributed by atoms with Crippen molar-refractivity contribution in [3.05, 3.63) is 72.0 Å². The SMILES string of the molecule is C[C@H](CNC(=O)c1cccc(-c2ccccc2)c1)Oc1cc(C(=S)NO)on1. The lowest BCUT2D eigenvalue weighted by atomic mass is 10.0. The second kappa shape index (κ2) is 9.12. The molecule has 0 aliphatic heterocycles. The van der Waals surface area contributed by atoms with Crippen molar-refractivity contribution in [1.29, 1.82) is 0 Å². The molecule has 0 radical (unpaired) electrons. The molecule has 3 N–H and O–H groups in total. The molecular weight excluding hydrogens is 378 g/mol. The van der Waals surface area contributed by atoms with E-state index >= 15 is 0 Å². The number of amides is 1. The molecular formula is C20H19N3O4S. The molecule has 2 aromatic carbocycles. The molecule has 0 spiro atoms. The number of hydroxylamine groups is 1. The van der Waals surface area contributed by atoms with Gasteiger partial charge < -0.3 is 14.6 Å². The maximum Gasteiger partial charge on any atom is 0.255 e. The summed E-state index contributed by atoms with van der Waals surface area (Å²) in [5.41, 5.74) is 4.39. The van der Waals surface area contributed by atoms with Crippen LogP contribution in [0.3, 0.4) is 0 Å². The third-order valence-corrected chi connectivity index (χ3v) is 4.21. The highest BCUT2D eigenvalue weighted by Crippen LogP contribution is 2.20. The molecule has 1 aromatic heterocycles. The normalized spacial score (nSPS) is 11.5. The number of hydrogen-bond donors (Lipinski definition) is 3. The van der Waals surface area contributed by atoms with Gasteiger partial charge in [-0.3, -0.25) is 15.5 Å². The summed E-state index contributed by atoms with van der Waals surface area (Å²) in [7, 11) is 0. The van der Waals surface area contributed by atoms with E-state index in [1.165, 1.54) is 6.07 Å². The molecule has 0 unspecified atom stereocenters.